The summed E-state index contributed by atoms with van der Waals surface area (Å²) in [6.07, 6.45) is 5.95. The first kappa shape index (κ1) is 10.6. The van der Waals surface area contributed by atoms with Crippen molar-refractivity contribution in [3.05, 3.63) is 30.1 Å². The maximum absolute atomic E-state index is 4.36. The molecule has 82 valence electrons. The lowest BCUT2D eigenvalue weighted by Gasteiger charge is -2.18. The van der Waals surface area contributed by atoms with Crippen molar-refractivity contribution in [1.82, 2.24) is 10.3 Å². The summed E-state index contributed by atoms with van der Waals surface area (Å²) in [6.45, 7) is 5.62. The fraction of sp³-hybridized carbons (Fsp3) is 0.615. The average molecular weight is 204 g/mol. The van der Waals surface area contributed by atoms with Crippen molar-refractivity contribution < 1.29 is 0 Å². The zero-order valence-electron chi connectivity index (χ0n) is 9.66. The first-order valence-corrected chi connectivity index (χ1v) is 5.90. The summed E-state index contributed by atoms with van der Waals surface area (Å²) in [4.78, 5) is 4.36. The van der Waals surface area contributed by atoms with E-state index in [1.807, 2.05) is 18.3 Å². The van der Waals surface area contributed by atoms with Gasteiger partial charge in [0.25, 0.3) is 0 Å². The third-order valence-corrected chi connectivity index (χ3v) is 3.62. The Hall–Kier alpha value is -0.890. The average Bonchev–Trinajstić information content (AvgIpc) is 3.08. The van der Waals surface area contributed by atoms with Gasteiger partial charge in [-0.1, -0.05) is 13.0 Å². The molecule has 1 aromatic rings. The third kappa shape index (κ3) is 2.57. The second kappa shape index (κ2) is 4.31. The smallest absolute Gasteiger partial charge is 0.0570 e. The summed E-state index contributed by atoms with van der Waals surface area (Å²) in [7, 11) is 0. The van der Waals surface area contributed by atoms with Crippen LogP contribution in [0.5, 0.6) is 0 Å². The van der Waals surface area contributed by atoms with Crippen LogP contribution in [0, 0.1) is 5.41 Å². The molecule has 1 atom stereocenters. The van der Waals surface area contributed by atoms with Crippen LogP contribution in [0.1, 0.15) is 44.8 Å². The van der Waals surface area contributed by atoms with E-state index in [-0.39, 0.29) is 0 Å². The van der Waals surface area contributed by atoms with Gasteiger partial charge in [0, 0.05) is 18.8 Å². The number of hydrogen-bond donors (Lipinski definition) is 1. The van der Waals surface area contributed by atoms with Crippen molar-refractivity contribution in [3.8, 4) is 0 Å². The van der Waals surface area contributed by atoms with Gasteiger partial charge in [-0.15, -0.1) is 0 Å². The molecule has 2 heteroatoms. The van der Waals surface area contributed by atoms with Crippen molar-refractivity contribution in [1.29, 1.82) is 0 Å². The molecular formula is C13H20N2. The van der Waals surface area contributed by atoms with Crippen LogP contribution in [0.15, 0.2) is 24.4 Å². The maximum atomic E-state index is 4.36. The predicted octanol–water partition coefficient (Wildman–Crippen LogP) is 2.92. The molecule has 2 rings (SSSR count). The molecule has 1 aliphatic carbocycles. The van der Waals surface area contributed by atoms with Gasteiger partial charge in [-0.3, -0.25) is 4.98 Å². The quantitative estimate of drug-likeness (QED) is 0.797. The number of nitrogens with zero attached hydrogens (tertiary/aromatic N) is 1. The van der Waals surface area contributed by atoms with Gasteiger partial charge < -0.3 is 5.32 Å². The summed E-state index contributed by atoms with van der Waals surface area (Å²) in [5, 5.41) is 3.59. The lowest BCUT2D eigenvalue weighted by atomic mass is 10.0. The van der Waals surface area contributed by atoms with Gasteiger partial charge in [0.15, 0.2) is 0 Å². The Labute approximate surface area is 92.1 Å². The highest BCUT2D eigenvalue weighted by molar-refractivity contribution is 5.08. The van der Waals surface area contributed by atoms with E-state index in [0.29, 0.717) is 11.5 Å². The summed E-state index contributed by atoms with van der Waals surface area (Å²) in [6, 6.07) is 6.47. The van der Waals surface area contributed by atoms with Crippen molar-refractivity contribution >= 4 is 0 Å². The Kier molecular flexibility index (Phi) is 3.06. The molecule has 1 unspecified atom stereocenters. The fourth-order valence-corrected chi connectivity index (χ4v) is 1.94. The van der Waals surface area contributed by atoms with Gasteiger partial charge >= 0.3 is 0 Å². The van der Waals surface area contributed by atoms with Gasteiger partial charge in [0.1, 0.15) is 0 Å². The lowest BCUT2D eigenvalue weighted by molar-refractivity contribution is 0.412. The molecule has 1 aromatic heterocycles. The zero-order valence-corrected chi connectivity index (χ0v) is 9.66. The Balaban J connectivity index is 1.85. The molecule has 1 saturated carbocycles. The highest BCUT2D eigenvalue weighted by Gasteiger charge is 2.40. The molecule has 0 saturated heterocycles. The van der Waals surface area contributed by atoms with Crippen LogP contribution in [-0.4, -0.2) is 11.5 Å². The number of nitrogens with one attached hydrogen (secondary N) is 1. The molecule has 1 heterocycles. The van der Waals surface area contributed by atoms with Gasteiger partial charge in [-0.05, 0) is 43.7 Å². The van der Waals surface area contributed by atoms with Crippen LogP contribution < -0.4 is 5.32 Å². The van der Waals surface area contributed by atoms with E-state index in [0.717, 1.165) is 12.2 Å². The molecule has 2 nitrogen and oxygen atoms in total. The molecule has 1 N–H and O–H groups in total. The van der Waals surface area contributed by atoms with Crippen molar-refractivity contribution in [2.24, 2.45) is 5.41 Å². The minimum Gasteiger partial charge on any atom is -0.308 e. The Morgan fingerprint density at radius 2 is 2.27 bits per heavy atom. The topological polar surface area (TPSA) is 24.9 Å². The fourth-order valence-electron chi connectivity index (χ4n) is 1.94. The van der Waals surface area contributed by atoms with Crippen molar-refractivity contribution in [3.63, 3.8) is 0 Å². The van der Waals surface area contributed by atoms with Crippen LogP contribution in [-0.2, 0) is 0 Å². The first-order chi connectivity index (χ1) is 7.26. The zero-order chi connectivity index (χ0) is 10.7. The number of aromatic nitrogens is 1. The molecule has 0 aliphatic heterocycles. The number of hydrogen-bond acceptors (Lipinski definition) is 2. The highest BCUT2D eigenvalue weighted by atomic mass is 15.0. The summed E-state index contributed by atoms with van der Waals surface area (Å²) in [5.74, 6) is 0. The maximum Gasteiger partial charge on any atom is 0.0570 e. The van der Waals surface area contributed by atoms with Crippen molar-refractivity contribution in [2.45, 2.75) is 39.2 Å². The molecule has 0 amide bonds. The Morgan fingerprint density at radius 1 is 1.47 bits per heavy atom. The molecular weight excluding hydrogens is 184 g/mol. The molecule has 0 spiro atoms. The monoisotopic (exact) mass is 204 g/mol. The molecule has 0 aromatic carbocycles. The number of rotatable bonds is 5. The predicted molar refractivity (Wildman–Crippen MR) is 62.6 cm³/mol. The van der Waals surface area contributed by atoms with Crippen LogP contribution in [0.2, 0.25) is 0 Å². The lowest BCUT2D eigenvalue weighted by Crippen LogP contribution is -2.26. The van der Waals surface area contributed by atoms with E-state index in [4.69, 9.17) is 0 Å². The van der Waals surface area contributed by atoms with E-state index in [9.17, 15) is 0 Å². The van der Waals surface area contributed by atoms with Gasteiger partial charge in [0.05, 0.1) is 5.69 Å². The molecule has 0 bridgehead atoms. The van der Waals surface area contributed by atoms with E-state index in [1.54, 1.807) is 0 Å². The largest absolute Gasteiger partial charge is 0.308 e. The highest BCUT2D eigenvalue weighted by Crippen LogP contribution is 2.48. The normalized spacial score (nSPS) is 19.9. The molecule has 1 fully saturated rings. The van der Waals surface area contributed by atoms with E-state index in [2.05, 4.69) is 30.2 Å². The number of pyridine rings is 1. The van der Waals surface area contributed by atoms with Crippen molar-refractivity contribution in [2.75, 3.05) is 6.54 Å². The summed E-state index contributed by atoms with van der Waals surface area (Å²) >= 11 is 0. The molecule has 1 aliphatic rings. The van der Waals surface area contributed by atoms with E-state index >= 15 is 0 Å². The Morgan fingerprint density at radius 3 is 2.80 bits per heavy atom. The molecule has 15 heavy (non-hydrogen) atoms. The Bertz CT molecular complexity index is 304. The minimum atomic E-state index is 0.371. The van der Waals surface area contributed by atoms with Gasteiger partial charge in [-0.25, -0.2) is 0 Å². The van der Waals surface area contributed by atoms with Crippen LogP contribution in [0.4, 0.5) is 0 Å². The van der Waals surface area contributed by atoms with Gasteiger partial charge in [0.2, 0.25) is 0 Å². The minimum absolute atomic E-state index is 0.371. The second-order valence-electron chi connectivity index (χ2n) is 4.71. The second-order valence-corrected chi connectivity index (χ2v) is 4.71. The van der Waals surface area contributed by atoms with Crippen LogP contribution >= 0.6 is 0 Å². The standard InChI is InChI=1S/C13H20N2/c1-3-13(7-8-13)10-15-11(2)12-6-4-5-9-14-12/h4-6,9,11,15H,3,7-8,10H2,1-2H3. The first-order valence-electron chi connectivity index (χ1n) is 5.90. The summed E-state index contributed by atoms with van der Waals surface area (Å²) in [5.41, 5.74) is 1.76. The SMILES string of the molecule is CCC1(CNC(C)c2ccccn2)CC1. The van der Waals surface area contributed by atoms with Gasteiger partial charge in [-0.2, -0.15) is 0 Å². The molecule has 0 radical (unpaired) electrons. The summed E-state index contributed by atoms with van der Waals surface area (Å²) < 4.78 is 0. The van der Waals surface area contributed by atoms with E-state index < -0.39 is 0 Å². The van der Waals surface area contributed by atoms with Crippen LogP contribution in [0.25, 0.3) is 0 Å². The van der Waals surface area contributed by atoms with E-state index in [1.165, 1.54) is 19.3 Å². The van der Waals surface area contributed by atoms with Crippen LogP contribution in [0.3, 0.4) is 0 Å². The third-order valence-electron chi connectivity index (χ3n) is 3.62.